The van der Waals surface area contributed by atoms with Gasteiger partial charge in [0.15, 0.2) is 0 Å². The molecule has 2 heterocycles. The van der Waals surface area contributed by atoms with E-state index in [0.29, 0.717) is 6.54 Å². The molecule has 2 atom stereocenters. The van der Waals surface area contributed by atoms with Crippen LogP contribution in [0.25, 0.3) is 0 Å². The zero-order valence-electron chi connectivity index (χ0n) is 11.4. The van der Waals surface area contributed by atoms with Gasteiger partial charge in [0.1, 0.15) is 5.69 Å². The van der Waals surface area contributed by atoms with Crippen LogP contribution in [0.5, 0.6) is 0 Å². The van der Waals surface area contributed by atoms with Crippen LogP contribution in [-0.4, -0.2) is 57.3 Å². The Hall–Kier alpha value is -1.93. The van der Waals surface area contributed by atoms with Gasteiger partial charge >= 0.3 is 0 Å². The summed E-state index contributed by atoms with van der Waals surface area (Å²) in [7, 11) is 1.59. The van der Waals surface area contributed by atoms with Gasteiger partial charge in [-0.25, -0.2) is 0 Å². The lowest BCUT2D eigenvalue weighted by Crippen LogP contribution is -2.50. The zero-order valence-corrected chi connectivity index (χ0v) is 11.4. The molecule has 1 fully saturated rings. The first-order chi connectivity index (χ1) is 9.42. The highest BCUT2D eigenvalue weighted by Crippen LogP contribution is 2.19. The molecule has 0 aromatic carbocycles. The number of hydrogen-bond donors (Lipinski definition) is 1. The Morgan fingerprint density at radius 1 is 1.60 bits per heavy atom. The smallest absolute Gasteiger partial charge is 0.287 e. The van der Waals surface area contributed by atoms with Gasteiger partial charge < -0.3 is 19.3 Å². The van der Waals surface area contributed by atoms with Gasteiger partial charge in [0, 0.05) is 26.2 Å². The third-order valence-corrected chi connectivity index (χ3v) is 3.24. The van der Waals surface area contributed by atoms with E-state index in [0.717, 1.165) is 0 Å². The van der Waals surface area contributed by atoms with Gasteiger partial charge in [-0.05, 0) is 6.92 Å². The number of aliphatic hydroxyl groups excluding tert-OH is 1. The van der Waals surface area contributed by atoms with Crippen LogP contribution in [0.1, 0.15) is 17.4 Å². The predicted octanol–water partition coefficient (Wildman–Crippen LogP) is 0.155. The molecule has 0 bridgehead atoms. The summed E-state index contributed by atoms with van der Waals surface area (Å²) in [6, 6.07) is 1.26. The molecule has 1 aliphatic rings. The van der Waals surface area contributed by atoms with Crippen LogP contribution < -0.4 is 0 Å². The molecule has 0 spiro atoms. The molecule has 110 valence electrons. The van der Waals surface area contributed by atoms with Gasteiger partial charge in [0.25, 0.3) is 11.6 Å². The standard InChI is InChI=1S/C12H17N3O5/c1-8-4-14(6-10(7-16)20-8)12(17)11-3-9(15(18)19)5-13(11)2/h3,5,8,10,16H,4,6-7H2,1-2H3. The number of nitrogens with zero attached hydrogens (tertiary/aromatic N) is 3. The lowest BCUT2D eigenvalue weighted by Gasteiger charge is -2.36. The summed E-state index contributed by atoms with van der Waals surface area (Å²) >= 11 is 0. The number of aliphatic hydroxyl groups is 1. The first-order valence-corrected chi connectivity index (χ1v) is 6.28. The van der Waals surface area contributed by atoms with E-state index in [1.807, 2.05) is 6.92 Å². The molecule has 1 aromatic heterocycles. The van der Waals surface area contributed by atoms with E-state index in [1.165, 1.54) is 16.8 Å². The molecule has 1 N–H and O–H groups in total. The van der Waals surface area contributed by atoms with Crippen LogP contribution in [0.15, 0.2) is 12.3 Å². The topological polar surface area (TPSA) is 97.8 Å². The molecule has 1 aromatic rings. The first-order valence-electron chi connectivity index (χ1n) is 6.28. The van der Waals surface area contributed by atoms with Crippen molar-refractivity contribution in [3.05, 3.63) is 28.1 Å². The molecular formula is C12H17N3O5. The van der Waals surface area contributed by atoms with Crippen molar-refractivity contribution in [3.63, 3.8) is 0 Å². The van der Waals surface area contributed by atoms with Crippen LogP contribution >= 0.6 is 0 Å². The molecule has 0 aliphatic carbocycles. The SMILES string of the molecule is CC1CN(C(=O)c2cc([N+](=O)[O-])cn2C)CC(CO)O1. The molecule has 8 heteroatoms. The largest absolute Gasteiger partial charge is 0.394 e. The van der Waals surface area contributed by atoms with Gasteiger partial charge in [0.05, 0.1) is 29.9 Å². The summed E-state index contributed by atoms with van der Waals surface area (Å²) in [4.78, 5) is 24.2. The molecule has 1 aliphatic heterocycles. The molecule has 1 saturated heterocycles. The lowest BCUT2D eigenvalue weighted by atomic mass is 10.2. The van der Waals surface area contributed by atoms with Gasteiger partial charge in [-0.2, -0.15) is 0 Å². The predicted molar refractivity (Wildman–Crippen MR) is 69.4 cm³/mol. The first kappa shape index (κ1) is 14.5. The van der Waals surface area contributed by atoms with Gasteiger partial charge in [0.2, 0.25) is 0 Å². The summed E-state index contributed by atoms with van der Waals surface area (Å²) in [5.74, 6) is -0.297. The Kier molecular flexibility index (Phi) is 4.05. The zero-order chi connectivity index (χ0) is 14.9. The van der Waals surface area contributed by atoms with Crippen molar-refractivity contribution in [1.82, 2.24) is 9.47 Å². The summed E-state index contributed by atoms with van der Waals surface area (Å²) in [6.45, 7) is 2.32. The number of hydrogen-bond acceptors (Lipinski definition) is 5. The van der Waals surface area contributed by atoms with E-state index in [4.69, 9.17) is 9.84 Å². The highest BCUT2D eigenvalue weighted by molar-refractivity contribution is 5.93. The molecule has 0 saturated carbocycles. The fraction of sp³-hybridized carbons (Fsp3) is 0.583. The molecule has 8 nitrogen and oxygen atoms in total. The average Bonchev–Trinajstić information content (AvgIpc) is 2.79. The monoisotopic (exact) mass is 283 g/mol. The van der Waals surface area contributed by atoms with E-state index in [9.17, 15) is 14.9 Å². The van der Waals surface area contributed by atoms with E-state index < -0.39 is 11.0 Å². The summed E-state index contributed by atoms with van der Waals surface area (Å²) in [6.07, 6.45) is 0.707. The fourth-order valence-corrected chi connectivity index (χ4v) is 2.33. The number of carbonyl (C=O) groups is 1. The second kappa shape index (κ2) is 5.59. The maximum atomic E-state index is 12.4. The summed E-state index contributed by atoms with van der Waals surface area (Å²) < 4.78 is 6.91. The van der Waals surface area contributed by atoms with E-state index >= 15 is 0 Å². The van der Waals surface area contributed by atoms with Crippen molar-refractivity contribution in [2.45, 2.75) is 19.1 Å². The van der Waals surface area contributed by atoms with Crippen molar-refractivity contribution in [2.75, 3.05) is 19.7 Å². The van der Waals surface area contributed by atoms with E-state index in [2.05, 4.69) is 0 Å². The molecule has 2 unspecified atom stereocenters. The maximum absolute atomic E-state index is 12.4. The van der Waals surface area contributed by atoms with Gasteiger partial charge in [-0.1, -0.05) is 0 Å². The quantitative estimate of drug-likeness (QED) is 0.629. The average molecular weight is 283 g/mol. The van der Waals surface area contributed by atoms with Crippen LogP contribution in [0.3, 0.4) is 0 Å². The van der Waals surface area contributed by atoms with Crippen LogP contribution in [0.4, 0.5) is 5.69 Å². The Morgan fingerprint density at radius 2 is 2.30 bits per heavy atom. The summed E-state index contributed by atoms with van der Waals surface area (Å²) in [5, 5.41) is 19.9. The number of ether oxygens (including phenoxy) is 1. The normalized spacial score (nSPS) is 22.9. The maximum Gasteiger partial charge on any atom is 0.287 e. The number of carbonyl (C=O) groups excluding carboxylic acids is 1. The lowest BCUT2D eigenvalue weighted by molar-refractivity contribution is -0.384. The Balaban J connectivity index is 2.20. The van der Waals surface area contributed by atoms with Crippen molar-refractivity contribution < 1.29 is 19.6 Å². The van der Waals surface area contributed by atoms with Crippen molar-refractivity contribution in [3.8, 4) is 0 Å². The van der Waals surface area contributed by atoms with E-state index in [-0.39, 0.29) is 36.5 Å². The van der Waals surface area contributed by atoms with Crippen LogP contribution in [0.2, 0.25) is 0 Å². The van der Waals surface area contributed by atoms with Gasteiger partial charge in [-0.3, -0.25) is 14.9 Å². The minimum Gasteiger partial charge on any atom is -0.394 e. The molecule has 2 rings (SSSR count). The minimum absolute atomic E-state index is 0.115. The second-order valence-electron chi connectivity index (χ2n) is 4.91. The number of rotatable bonds is 3. The molecule has 20 heavy (non-hydrogen) atoms. The number of amides is 1. The number of morpholine rings is 1. The molecule has 1 amide bonds. The third-order valence-electron chi connectivity index (χ3n) is 3.24. The van der Waals surface area contributed by atoms with Crippen LogP contribution in [-0.2, 0) is 11.8 Å². The van der Waals surface area contributed by atoms with Crippen molar-refractivity contribution >= 4 is 11.6 Å². The van der Waals surface area contributed by atoms with Gasteiger partial charge in [-0.15, -0.1) is 0 Å². The summed E-state index contributed by atoms with van der Waals surface area (Å²) in [5.41, 5.74) is 0.137. The second-order valence-corrected chi connectivity index (χ2v) is 4.91. The van der Waals surface area contributed by atoms with E-state index in [1.54, 1.807) is 11.9 Å². The molecule has 0 radical (unpaired) electrons. The van der Waals surface area contributed by atoms with Crippen molar-refractivity contribution in [1.29, 1.82) is 0 Å². The Morgan fingerprint density at radius 3 is 2.85 bits per heavy atom. The number of aromatic nitrogens is 1. The molecular weight excluding hydrogens is 266 g/mol. The minimum atomic E-state index is -0.532. The highest BCUT2D eigenvalue weighted by Gasteiger charge is 2.30. The third kappa shape index (κ3) is 2.81. The van der Waals surface area contributed by atoms with Crippen LogP contribution in [0, 0.1) is 10.1 Å². The number of aryl methyl sites for hydroxylation is 1. The highest BCUT2D eigenvalue weighted by atomic mass is 16.6. The fourth-order valence-electron chi connectivity index (χ4n) is 2.33. The van der Waals surface area contributed by atoms with Crippen molar-refractivity contribution in [2.24, 2.45) is 7.05 Å². The Labute approximate surface area is 115 Å². The Bertz CT molecular complexity index is 527. The number of nitro groups is 1.